The van der Waals surface area contributed by atoms with Gasteiger partial charge in [0, 0.05) is 17.5 Å². The molecule has 4 N–H and O–H groups in total. The number of benzene rings is 1. The number of H-pyrrole nitrogens is 1. The maximum Gasteiger partial charge on any atom is 0.339 e. The number of carbonyl (C=O) groups excluding carboxylic acids is 1. The van der Waals surface area contributed by atoms with Crippen molar-refractivity contribution in [3.63, 3.8) is 0 Å². The Balaban J connectivity index is 2.13. The molecule has 2 rings (SSSR count). The van der Waals surface area contributed by atoms with Gasteiger partial charge in [-0.2, -0.15) is 0 Å². The number of aromatic nitrogens is 1. The number of nitrogens with one attached hydrogen (secondary N) is 2. The van der Waals surface area contributed by atoms with Gasteiger partial charge in [-0.15, -0.1) is 0 Å². The summed E-state index contributed by atoms with van der Waals surface area (Å²) in [6.07, 6.45) is 1.40. The average molecular weight is 274 g/mol. The molecular weight excluding hydrogens is 260 g/mol. The summed E-state index contributed by atoms with van der Waals surface area (Å²) in [7, 11) is 0. The van der Waals surface area contributed by atoms with Crippen molar-refractivity contribution in [1.82, 2.24) is 4.98 Å². The number of phenolic OH excluding ortho intramolecular Hbond substituents is 1. The minimum Gasteiger partial charge on any atom is -0.508 e. The van der Waals surface area contributed by atoms with Crippen molar-refractivity contribution in [1.29, 1.82) is 0 Å². The van der Waals surface area contributed by atoms with Crippen molar-refractivity contribution in [3.05, 3.63) is 47.3 Å². The van der Waals surface area contributed by atoms with Crippen LogP contribution in [-0.4, -0.2) is 27.1 Å². The van der Waals surface area contributed by atoms with E-state index >= 15 is 0 Å². The van der Waals surface area contributed by atoms with E-state index in [1.807, 2.05) is 0 Å². The third-order valence-electron chi connectivity index (χ3n) is 2.91. The molecule has 2 aromatic rings. The number of aromatic carboxylic acids is 1. The number of anilines is 1. The fourth-order valence-corrected chi connectivity index (χ4v) is 1.93. The Labute approximate surface area is 115 Å². The largest absolute Gasteiger partial charge is 0.508 e. The highest BCUT2D eigenvalue weighted by Crippen LogP contribution is 2.21. The number of carboxylic acids is 1. The van der Waals surface area contributed by atoms with Gasteiger partial charge < -0.3 is 20.5 Å². The van der Waals surface area contributed by atoms with Crippen molar-refractivity contribution < 1.29 is 19.8 Å². The van der Waals surface area contributed by atoms with Gasteiger partial charge in [0.05, 0.1) is 12.1 Å². The van der Waals surface area contributed by atoms with Gasteiger partial charge in [0.1, 0.15) is 11.3 Å². The van der Waals surface area contributed by atoms with E-state index in [2.05, 4.69) is 10.3 Å². The zero-order valence-corrected chi connectivity index (χ0v) is 10.8. The molecule has 1 amide bonds. The molecule has 1 aromatic carbocycles. The molecule has 0 spiro atoms. The van der Waals surface area contributed by atoms with Crippen LogP contribution in [0.3, 0.4) is 0 Å². The molecule has 0 saturated carbocycles. The summed E-state index contributed by atoms with van der Waals surface area (Å²) in [5.74, 6) is -1.47. The fraction of sp³-hybridized carbons (Fsp3) is 0.143. The lowest BCUT2D eigenvalue weighted by Crippen LogP contribution is -2.16. The number of aryl methyl sites for hydroxylation is 1. The summed E-state index contributed by atoms with van der Waals surface area (Å²) < 4.78 is 0. The van der Waals surface area contributed by atoms with Crippen LogP contribution in [0.25, 0.3) is 0 Å². The molecule has 0 saturated heterocycles. The van der Waals surface area contributed by atoms with Gasteiger partial charge in [-0.05, 0) is 13.0 Å². The van der Waals surface area contributed by atoms with Crippen LogP contribution in [0.4, 0.5) is 5.69 Å². The zero-order valence-electron chi connectivity index (χ0n) is 10.8. The van der Waals surface area contributed by atoms with E-state index < -0.39 is 11.9 Å². The van der Waals surface area contributed by atoms with Crippen molar-refractivity contribution in [3.8, 4) is 5.75 Å². The van der Waals surface area contributed by atoms with Crippen molar-refractivity contribution >= 4 is 17.6 Å². The second-order valence-corrected chi connectivity index (χ2v) is 4.36. The molecule has 20 heavy (non-hydrogen) atoms. The van der Waals surface area contributed by atoms with Gasteiger partial charge in [-0.1, -0.05) is 18.2 Å². The lowest BCUT2D eigenvalue weighted by molar-refractivity contribution is -0.115. The van der Waals surface area contributed by atoms with E-state index in [4.69, 9.17) is 5.11 Å². The third-order valence-corrected chi connectivity index (χ3v) is 2.91. The molecular formula is C14H14N2O4. The predicted octanol–water partition coefficient (Wildman–Crippen LogP) is 1.91. The molecule has 104 valence electrons. The van der Waals surface area contributed by atoms with Gasteiger partial charge in [0.15, 0.2) is 0 Å². The van der Waals surface area contributed by atoms with Crippen LogP contribution in [0.5, 0.6) is 5.75 Å². The number of carboxylic acid groups (broad SMARTS) is 1. The monoisotopic (exact) mass is 274 g/mol. The summed E-state index contributed by atoms with van der Waals surface area (Å²) in [4.78, 5) is 25.7. The molecule has 0 unspecified atom stereocenters. The molecule has 0 bridgehead atoms. The second kappa shape index (κ2) is 5.48. The topological polar surface area (TPSA) is 102 Å². The summed E-state index contributed by atoms with van der Waals surface area (Å²) >= 11 is 0. The number of aromatic amines is 1. The average Bonchev–Trinajstić information content (AvgIpc) is 2.73. The highest BCUT2D eigenvalue weighted by atomic mass is 16.4. The normalized spacial score (nSPS) is 10.2. The molecule has 0 radical (unpaired) electrons. The molecule has 0 atom stereocenters. The number of rotatable bonds is 4. The Morgan fingerprint density at radius 1 is 1.30 bits per heavy atom. The lowest BCUT2D eigenvalue weighted by atomic mass is 10.1. The SMILES string of the molecule is Cc1[nH]cc(NC(=O)Cc2ccccc2O)c1C(=O)O. The zero-order chi connectivity index (χ0) is 14.7. The first-order valence-electron chi connectivity index (χ1n) is 5.97. The van der Waals surface area contributed by atoms with Crippen LogP contribution in [0.15, 0.2) is 30.5 Å². The standard InChI is InChI=1S/C14H14N2O4/c1-8-13(14(19)20)10(7-15-8)16-12(18)6-9-4-2-3-5-11(9)17/h2-5,7,15,17H,6H2,1H3,(H,16,18)(H,19,20). The Morgan fingerprint density at radius 3 is 2.65 bits per heavy atom. The first-order chi connectivity index (χ1) is 9.49. The van der Waals surface area contributed by atoms with E-state index in [1.165, 1.54) is 12.3 Å². The van der Waals surface area contributed by atoms with E-state index in [9.17, 15) is 14.7 Å². The second-order valence-electron chi connectivity index (χ2n) is 4.36. The molecule has 0 fully saturated rings. The van der Waals surface area contributed by atoms with E-state index in [-0.39, 0.29) is 23.4 Å². The Bertz CT molecular complexity index is 661. The Morgan fingerprint density at radius 2 is 2.00 bits per heavy atom. The van der Waals surface area contributed by atoms with E-state index in [0.717, 1.165) is 0 Å². The van der Waals surface area contributed by atoms with Gasteiger partial charge in [-0.3, -0.25) is 4.79 Å². The van der Waals surface area contributed by atoms with Crippen LogP contribution in [-0.2, 0) is 11.2 Å². The number of carbonyl (C=O) groups is 2. The van der Waals surface area contributed by atoms with Crippen molar-refractivity contribution in [2.45, 2.75) is 13.3 Å². The molecule has 0 aliphatic rings. The molecule has 1 heterocycles. The fourth-order valence-electron chi connectivity index (χ4n) is 1.93. The summed E-state index contributed by atoms with van der Waals surface area (Å²) in [6.45, 7) is 1.61. The van der Waals surface area contributed by atoms with E-state index in [1.54, 1.807) is 25.1 Å². The number of para-hydroxylation sites is 1. The quantitative estimate of drug-likeness (QED) is 0.683. The molecule has 6 heteroatoms. The highest BCUT2D eigenvalue weighted by molar-refractivity contribution is 6.02. The van der Waals surface area contributed by atoms with Crippen LogP contribution in [0.2, 0.25) is 0 Å². The van der Waals surface area contributed by atoms with Crippen LogP contribution in [0.1, 0.15) is 21.6 Å². The summed E-state index contributed by atoms with van der Waals surface area (Å²) in [5, 5.41) is 21.2. The predicted molar refractivity (Wildman–Crippen MR) is 72.9 cm³/mol. The third kappa shape index (κ3) is 2.80. The summed E-state index contributed by atoms with van der Waals surface area (Å²) in [6, 6.07) is 6.50. The number of hydrogen-bond acceptors (Lipinski definition) is 3. The van der Waals surface area contributed by atoms with Gasteiger partial charge >= 0.3 is 5.97 Å². The van der Waals surface area contributed by atoms with Gasteiger partial charge in [0.25, 0.3) is 0 Å². The first kappa shape index (κ1) is 13.7. The van der Waals surface area contributed by atoms with Crippen LogP contribution < -0.4 is 5.32 Å². The maximum absolute atomic E-state index is 11.9. The first-order valence-corrected chi connectivity index (χ1v) is 5.97. The Hall–Kier alpha value is -2.76. The smallest absolute Gasteiger partial charge is 0.339 e. The van der Waals surface area contributed by atoms with Gasteiger partial charge in [-0.25, -0.2) is 4.79 Å². The minimum atomic E-state index is -1.11. The molecule has 1 aromatic heterocycles. The van der Waals surface area contributed by atoms with E-state index in [0.29, 0.717) is 11.3 Å². The molecule has 0 aliphatic heterocycles. The number of aromatic hydroxyl groups is 1. The molecule has 6 nitrogen and oxygen atoms in total. The van der Waals surface area contributed by atoms with Crippen LogP contribution >= 0.6 is 0 Å². The minimum absolute atomic E-state index is 0.0318. The van der Waals surface area contributed by atoms with Crippen molar-refractivity contribution in [2.75, 3.05) is 5.32 Å². The van der Waals surface area contributed by atoms with Gasteiger partial charge in [0.2, 0.25) is 5.91 Å². The van der Waals surface area contributed by atoms with Crippen molar-refractivity contribution in [2.24, 2.45) is 0 Å². The molecule has 0 aliphatic carbocycles. The highest BCUT2D eigenvalue weighted by Gasteiger charge is 2.17. The lowest BCUT2D eigenvalue weighted by Gasteiger charge is -2.06. The number of phenols is 1. The summed E-state index contributed by atoms with van der Waals surface area (Å²) in [5.41, 5.74) is 1.20. The Kier molecular flexibility index (Phi) is 3.74. The number of amides is 1. The maximum atomic E-state index is 11.9. The number of hydrogen-bond donors (Lipinski definition) is 4. The van der Waals surface area contributed by atoms with Crippen LogP contribution in [0, 0.1) is 6.92 Å².